The predicted octanol–water partition coefficient (Wildman–Crippen LogP) is 4.96. The number of carbonyl (C=O) groups is 2. The third-order valence-electron chi connectivity index (χ3n) is 8.24. The first-order valence-corrected chi connectivity index (χ1v) is 16.2. The van der Waals surface area contributed by atoms with E-state index in [2.05, 4.69) is 45.6 Å². The molecule has 2 aromatic heterocycles. The second-order valence-corrected chi connectivity index (χ2v) is 12.3. The van der Waals surface area contributed by atoms with Crippen LogP contribution < -0.4 is 15.4 Å². The van der Waals surface area contributed by atoms with E-state index in [4.69, 9.17) is 14.2 Å². The molecular formula is C34H36FN5O5S. The monoisotopic (exact) mass is 645 g/mol. The summed E-state index contributed by atoms with van der Waals surface area (Å²) in [6.07, 6.45) is 1.29. The first-order chi connectivity index (χ1) is 22.4. The minimum atomic E-state index is -0.565. The first kappa shape index (κ1) is 31.6. The van der Waals surface area contributed by atoms with Crippen LogP contribution in [-0.2, 0) is 27.2 Å². The molecule has 0 bridgehead atoms. The van der Waals surface area contributed by atoms with Crippen LogP contribution in [0, 0.1) is 11.7 Å². The van der Waals surface area contributed by atoms with Gasteiger partial charge in [-0.05, 0) is 59.8 Å². The Balaban J connectivity index is 1.03. The maximum Gasteiger partial charge on any atom is 0.407 e. The van der Waals surface area contributed by atoms with Crippen LogP contribution in [0.4, 0.5) is 9.18 Å². The lowest BCUT2D eigenvalue weighted by Gasteiger charge is -2.18. The lowest BCUT2D eigenvalue weighted by Crippen LogP contribution is -2.35. The molecule has 0 aliphatic carbocycles. The molecule has 4 aromatic rings. The number of benzene rings is 2. The third-order valence-corrected chi connectivity index (χ3v) is 9.16. The van der Waals surface area contributed by atoms with Crippen LogP contribution in [0.1, 0.15) is 18.1 Å². The van der Waals surface area contributed by atoms with Crippen LogP contribution in [0.3, 0.4) is 0 Å². The zero-order valence-corrected chi connectivity index (χ0v) is 26.4. The summed E-state index contributed by atoms with van der Waals surface area (Å²) < 4.78 is 32.3. The highest BCUT2D eigenvalue weighted by molar-refractivity contribution is 7.17. The standard InChI is InChI=1S/C34H36FN5O5S/c1-3-30(41)40-19-21(2)29(20-40)45-34(42)37-11-12-43-13-14-44-28-17-25(35)6-7-26(28)32-33-27(9-15-46-33)31(38-39-32)23-4-5-24-18-36-10-8-22(24)16-23/h3-7,9,15-17,21,29,36H,1,8,10-14,18-20H2,2H3,(H,37,42)/t21?,29-/m1/s1. The first-order valence-electron chi connectivity index (χ1n) is 15.3. The second kappa shape index (κ2) is 14.4. The Morgan fingerprint density at radius 2 is 1.98 bits per heavy atom. The van der Waals surface area contributed by atoms with Crippen LogP contribution >= 0.6 is 11.3 Å². The summed E-state index contributed by atoms with van der Waals surface area (Å²) in [5, 5.41) is 18.3. The summed E-state index contributed by atoms with van der Waals surface area (Å²) >= 11 is 1.56. The van der Waals surface area contributed by atoms with E-state index in [1.54, 1.807) is 22.3 Å². The van der Waals surface area contributed by atoms with Crippen molar-refractivity contribution >= 4 is 33.4 Å². The Kier molecular flexibility index (Phi) is 9.86. The van der Waals surface area contributed by atoms with Crippen molar-refractivity contribution in [2.75, 3.05) is 46.0 Å². The average molecular weight is 646 g/mol. The number of ether oxygens (including phenoxy) is 3. The third kappa shape index (κ3) is 7.04. The quantitative estimate of drug-likeness (QED) is 0.174. The molecule has 4 heterocycles. The van der Waals surface area contributed by atoms with E-state index < -0.39 is 11.9 Å². The smallest absolute Gasteiger partial charge is 0.407 e. The molecule has 1 fully saturated rings. The van der Waals surface area contributed by atoms with E-state index in [9.17, 15) is 14.0 Å². The number of fused-ring (bicyclic) bond motifs is 2. The molecule has 2 aromatic carbocycles. The Labute approximate surface area is 270 Å². The molecule has 2 atom stereocenters. The van der Waals surface area contributed by atoms with E-state index in [1.807, 2.05) is 18.4 Å². The molecule has 240 valence electrons. The van der Waals surface area contributed by atoms with Gasteiger partial charge in [0.2, 0.25) is 5.91 Å². The van der Waals surface area contributed by atoms with E-state index in [-0.39, 0.29) is 44.3 Å². The topological polar surface area (TPSA) is 115 Å². The number of halogens is 1. The van der Waals surface area contributed by atoms with Gasteiger partial charge in [-0.2, -0.15) is 0 Å². The Bertz CT molecular complexity index is 1750. The van der Waals surface area contributed by atoms with Gasteiger partial charge in [0.25, 0.3) is 0 Å². The van der Waals surface area contributed by atoms with Crippen molar-refractivity contribution in [3.8, 4) is 28.3 Å². The lowest BCUT2D eigenvalue weighted by molar-refractivity contribution is -0.125. The number of rotatable bonds is 11. The van der Waals surface area contributed by atoms with Crippen molar-refractivity contribution in [3.05, 3.63) is 77.4 Å². The summed E-state index contributed by atoms with van der Waals surface area (Å²) in [5.41, 5.74) is 5.75. The number of hydrogen-bond donors (Lipinski definition) is 2. The molecule has 0 radical (unpaired) electrons. The molecule has 2 N–H and O–H groups in total. The highest BCUT2D eigenvalue weighted by Crippen LogP contribution is 2.39. The van der Waals surface area contributed by atoms with E-state index in [1.165, 1.54) is 29.3 Å². The predicted molar refractivity (Wildman–Crippen MR) is 174 cm³/mol. The summed E-state index contributed by atoms with van der Waals surface area (Å²) in [6, 6.07) is 12.9. The van der Waals surface area contributed by atoms with Gasteiger partial charge in [0.1, 0.15) is 35.7 Å². The number of thiophene rings is 1. The largest absolute Gasteiger partial charge is 0.490 e. The Hall–Kier alpha value is -4.39. The zero-order valence-electron chi connectivity index (χ0n) is 25.6. The Morgan fingerprint density at radius 3 is 2.85 bits per heavy atom. The molecule has 2 amide bonds. The average Bonchev–Trinajstić information content (AvgIpc) is 3.70. The van der Waals surface area contributed by atoms with Crippen molar-refractivity contribution in [1.29, 1.82) is 0 Å². The van der Waals surface area contributed by atoms with Crippen LogP contribution in [0.5, 0.6) is 5.75 Å². The molecule has 6 rings (SSSR count). The molecule has 46 heavy (non-hydrogen) atoms. The Morgan fingerprint density at radius 1 is 1.11 bits per heavy atom. The molecule has 2 aliphatic rings. The fourth-order valence-electron chi connectivity index (χ4n) is 5.82. The van der Waals surface area contributed by atoms with Crippen LogP contribution in [0.2, 0.25) is 0 Å². The number of likely N-dealkylation sites (tertiary alicyclic amines) is 1. The molecule has 0 spiro atoms. The number of carbonyl (C=O) groups excluding carboxylic acids is 2. The minimum absolute atomic E-state index is 0.0302. The van der Waals surface area contributed by atoms with Gasteiger partial charge >= 0.3 is 6.09 Å². The van der Waals surface area contributed by atoms with Gasteiger partial charge in [0, 0.05) is 48.1 Å². The normalized spacial score (nSPS) is 17.5. The van der Waals surface area contributed by atoms with Gasteiger partial charge in [-0.15, -0.1) is 21.5 Å². The van der Waals surface area contributed by atoms with Gasteiger partial charge in [0.05, 0.1) is 24.5 Å². The SMILES string of the molecule is C=CC(=O)N1CC(C)[C@H](OC(=O)NCCOCCOc2cc(F)ccc2-c2nnc(-c3ccc4c(c3)CCNC4)c3ccsc23)C1. The number of nitrogens with one attached hydrogen (secondary N) is 2. The van der Waals surface area contributed by atoms with Crippen molar-refractivity contribution in [2.24, 2.45) is 5.92 Å². The minimum Gasteiger partial charge on any atom is -0.490 e. The van der Waals surface area contributed by atoms with E-state index in [0.717, 1.165) is 40.9 Å². The number of amides is 2. The van der Waals surface area contributed by atoms with Crippen LogP contribution in [0.15, 0.2) is 60.5 Å². The maximum atomic E-state index is 14.3. The highest BCUT2D eigenvalue weighted by Gasteiger charge is 2.34. The summed E-state index contributed by atoms with van der Waals surface area (Å²) in [6.45, 7) is 8.98. The molecule has 0 saturated carbocycles. The number of aromatic nitrogens is 2. The number of hydrogen-bond acceptors (Lipinski definition) is 9. The summed E-state index contributed by atoms with van der Waals surface area (Å²) in [7, 11) is 0. The molecule has 10 nitrogen and oxygen atoms in total. The molecule has 12 heteroatoms. The number of nitrogens with zero attached hydrogens (tertiary/aromatic N) is 3. The lowest BCUT2D eigenvalue weighted by atomic mass is 9.96. The highest BCUT2D eigenvalue weighted by atomic mass is 32.1. The second-order valence-electron chi connectivity index (χ2n) is 11.4. The van der Waals surface area contributed by atoms with Crippen LogP contribution in [0.25, 0.3) is 32.6 Å². The van der Waals surface area contributed by atoms with Crippen molar-refractivity contribution in [1.82, 2.24) is 25.7 Å². The van der Waals surface area contributed by atoms with Gasteiger partial charge in [0.15, 0.2) is 0 Å². The van der Waals surface area contributed by atoms with E-state index >= 15 is 0 Å². The fourth-order valence-corrected chi connectivity index (χ4v) is 6.71. The van der Waals surface area contributed by atoms with Gasteiger partial charge in [-0.3, -0.25) is 4.79 Å². The molecular weight excluding hydrogens is 609 g/mol. The van der Waals surface area contributed by atoms with Crippen LogP contribution in [-0.4, -0.2) is 79.2 Å². The number of alkyl carbamates (subject to hydrolysis) is 1. The zero-order chi connectivity index (χ0) is 32.0. The summed E-state index contributed by atoms with van der Waals surface area (Å²) in [4.78, 5) is 25.7. The van der Waals surface area contributed by atoms with Gasteiger partial charge in [-0.25, -0.2) is 9.18 Å². The maximum absolute atomic E-state index is 14.3. The van der Waals surface area contributed by atoms with Crippen molar-refractivity contribution in [2.45, 2.75) is 26.0 Å². The summed E-state index contributed by atoms with van der Waals surface area (Å²) in [5.74, 6) is -0.226. The van der Waals surface area contributed by atoms with E-state index in [0.29, 0.717) is 30.1 Å². The molecule has 2 aliphatic heterocycles. The van der Waals surface area contributed by atoms with Gasteiger partial charge < -0.3 is 29.7 Å². The molecule has 1 unspecified atom stereocenters. The molecule has 1 saturated heterocycles. The van der Waals surface area contributed by atoms with Crippen molar-refractivity contribution in [3.63, 3.8) is 0 Å². The van der Waals surface area contributed by atoms with Crippen molar-refractivity contribution < 1.29 is 28.2 Å². The van der Waals surface area contributed by atoms with Gasteiger partial charge in [-0.1, -0.05) is 25.6 Å². The fraction of sp³-hybridized carbons (Fsp3) is 0.353.